The Hall–Kier alpha value is -3.36. The molecule has 9 heteroatoms. The van der Waals surface area contributed by atoms with Crippen molar-refractivity contribution in [1.29, 1.82) is 0 Å². The smallest absolute Gasteiger partial charge is 0.338 e. The number of nitrogens with one attached hydrogen (secondary N) is 1. The van der Waals surface area contributed by atoms with Gasteiger partial charge in [-0.15, -0.1) is 0 Å². The summed E-state index contributed by atoms with van der Waals surface area (Å²) in [6.07, 6.45) is 0. The molecule has 0 aliphatic rings. The van der Waals surface area contributed by atoms with Crippen LogP contribution in [-0.4, -0.2) is 39.8 Å². The quantitative estimate of drug-likeness (QED) is 0.675. The van der Waals surface area contributed by atoms with E-state index in [0.29, 0.717) is 5.75 Å². The second kappa shape index (κ2) is 9.72. The Morgan fingerprint density at radius 1 is 1.00 bits per heavy atom. The number of rotatable bonds is 8. The highest BCUT2D eigenvalue weighted by Crippen LogP contribution is 2.38. The van der Waals surface area contributed by atoms with Gasteiger partial charge in [-0.1, -0.05) is 6.07 Å². The number of carbonyl (C=O) groups excluding carboxylic acids is 2. The summed E-state index contributed by atoms with van der Waals surface area (Å²) >= 11 is 0. The van der Waals surface area contributed by atoms with Crippen LogP contribution in [0.3, 0.4) is 0 Å². The van der Waals surface area contributed by atoms with E-state index < -0.39 is 36.2 Å². The average molecular weight is 409 g/mol. The Kier molecular flexibility index (Phi) is 7.35. The summed E-state index contributed by atoms with van der Waals surface area (Å²) in [7, 11) is 4.22. The van der Waals surface area contributed by atoms with Crippen LogP contribution in [0.2, 0.25) is 0 Å². The maximum absolute atomic E-state index is 13.8. The van der Waals surface area contributed by atoms with Crippen molar-refractivity contribution in [3.05, 3.63) is 53.1 Å². The van der Waals surface area contributed by atoms with Crippen LogP contribution in [0.1, 0.15) is 28.9 Å². The molecule has 1 amide bonds. The largest absolute Gasteiger partial charge is 0.493 e. The Balaban J connectivity index is 2.02. The second-order valence-corrected chi connectivity index (χ2v) is 5.95. The summed E-state index contributed by atoms with van der Waals surface area (Å²) < 4.78 is 47.3. The predicted molar refractivity (Wildman–Crippen MR) is 99.3 cm³/mol. The first-order chi connectivity index (χ1) is 13.8. The molecule has 0 spiro atoms. The van der Waals surface area contributed by atoms with E-state index in [1.54, 1.807) is 0 Å². The minimum atomic E-state index is -0.792. The van der Waals surface area contributed by atoms with E-state index in [2.05, 4.69) is 5.32 Å². The molecular weight excluding hydrogens is 388 g/mol. The lowest BCUT2D eigenvalue weighted by Crippen LogP contribution is -2.31. The zero-order chi connectivity index (χ0) is 21.6. The lowest BCUT2D eigenvalue weighted by Gasteiger charge is -2.16. The van der Waals surface area contributed by atoms with Gasteiger partial charge in [0.25, 0.3) is 5.91 Å². The number of esters is 1. The molecule has 2 aromatic carbocycles. The minimum absolute atomic E-state index is 0.0879. The fourth-order valence-electron chi connectivity index (χ4n) is 2.63. The topological polar surface area (TPSA) is 83.1 Å². The zero-order valence-electron chi connectivity index (χ0n) is 16.4. The molecule has 0 radical (unpaired) electrons. The van der Waals surface area contributed by atoms with Crippen LogP contribution in [0.15, 0.2) is 30.3 Å². The first kappa shape index (κ1) is 21.9. The first-order valence-corrected chi connectivity index (χ1v) is 8.52. The molecule has 1 N–H and O–H groups in total. The molecule has 0 unspecified atom stereocenters. The fraction of sp³-hybridized carbons (Fsp3) is 0.300. The fourth-order valence-corrected chi connectivity index (χ4v) is 2.63. The molecule has 0 fully saturated rings. The van der Waals surface area contributed by atoms with Gasteiger partial charge in [0.1, 0.15) is 11.6 Å². The van der Waals surface area contributed by atoms with E-state index in [-0.39, 0.29) is 22.6 Å². The normalized spacial score (nSPS) is 11.4. The highest BCUT2D eigenvalue weighted by Gasteiger charge is 2.20. The highest BCUT2D eigenvalue weighted by molar-refractivity contribution is 5.92. The van der Waals surface area contributed by atoms with Gasteiger partial charge in [0.2, 0.25) is 5.75 Å². The molecule has 0 heterocycles. The van der Waals surface area contributed by atoms with Crippen molar-refractivity contribution in [3.63, 3.8) is 0 Å². The number of halogens is 2. The molecule has 0 bridgehead atoms. The molecule has 0 aromatic heterocycles. The van der Waals surface area contributed by atoms with Crippen molar-refractivity contribution in [2.24, 2.45) is 0 Å². The third-order valence-corrected chi connectivity index (χ3v) is 4.04. The third-order valence-electron chi connectivity index (χ3n) is 4.04. The summed E-state index contributed by atoms with van der Waals surface area (Å²) in [5.41, 5.74) is 0.195. The van der Waals surface area contributed by atoms with Crippen LogP contribution in [0.5, 0.6) is 17.2 Å². The first-order valence-electron chi connectivity index (χ1n) is 8.52. The molecule has 0 aliphatic heterocycles. The van der Waals surface area contributed by atoms with E-state index in [1.807, 2.05) is 0 Å². The van der Waals surface area contributed by atoms with E-state index in [0.717, 1.165) is 12.1 Å². The number of methoxy groups -OCH3 is 3. The number of amides is 1. The molecule has 1 atom stereocenters. The minimum Gasteiger partial charge on any atom is -0.493 e. The Labute approximate surface area is 166 Å². The van der Waals surface area contributed by atoms with Gasteiger partial charge in [-0.05, 0) is 25.1 Å². The molecule has 156 valence electrons. The van der Waals surface area contributed by atoms with Crippen molar-refractivity contribution >= 4 is 11.9 Å². The van der Waals surface area contributed by atoms with Crippen LogP contribution < -0.4 is 19.5 Å². The standard InChI is InChI=1S/C20H21F2NO6/c1-11(14-6-5-13(21)9-15(14)22)23-18(24)10-29-20(25)12-7-16(26-2)19(28-4)17(8-12)27-3/h5-9,11H,10H2,1-4H3,(H,23,24)/t11-/m0/s1. The van der Waals surface area contributed by atoms with E-state index in [1.165, 1.54) is 46.5 Å². The Morgan fingerprint density at radius 3 is 2.14 bits per heavy atom. The number of benzene rings is 2. The van der Waals surface area contributed by atoms with E-state index >= 15 is 0 Å². The van der Waals surface area contributed by atoms with Gasteiger partial charge in [0.15, 0.2) is 18.1 Å². The van der Waals surface area contributed by atoms with Crippen LogP contribution in [-0.2, 0) is 9.53 Å². The second-order valence-electron chi connectivity index (χ2n) is 5.95. The van der Waals surface area contributed by atoms with E-state index in [9.17, 15) is 18.4 Å². The Bertz CT molecular complexity index is 878. The molecule has 0 aliphatic carbocycles. The monoisotopic (exact) mass is 409 g/mol. The van der Waals surface area contributed by atoms with Crippen LogP contribution in [0.25, 0.3) is 0 Å². The van der Waals surface area contributed by atoms with Crippen molar-refractivity contribution in [1.82, 2.24) is 5.32 Å². The van der Waals surface area contributed by atoms with Crippen molar-refractivity contribution in [2.75, 3.05) is 27.9 Å². The SMILES string of the molecule is COc1cc(C(=O)OCC(=O)N[C@@H](C)c2ccc(F)cc2F)cc(OC)c1OC. The van der Waals surface area contributed by atoms with Gasteiger partial charge in [0.05, 0.1) is 32.9 Å². The zero-order valence-corrected chi connectivity index (χ0v) is 16.4. The highest BCUT2D eigenvalue weighted by atomic mass is 19.1. The molecule has 2 aromatic rings. The maximum Gasteiger partial charge on any atom is 0.338 e. The van der Waals surface area contributed by atoms with Gasteiger partial charge in [-0.3, -0.25) is 4.79 Å². The van der Waals surface area contributed by atoms with E-state index in [4.69, 9.17) is 18.9 Å². The van der Waals surface area contributed by atoms with Crippen LogP contribution >= 0.6 is 0 Å². The summed E-state index contributed by atoms with van der Waals surface area (Å²) in [6, 6.07) is 5.07. The molecule has 7 nitrogen and oxygen atoms in total. The predicted octanol–water partition coefficient (Wildman–Crippen LogP) is 3.02. The number of carbonyl (C=O) groups is 2. The van der Waals surface area contributed by atoms with Gasteiger partial charge in [-0.2, -0.15) is 0 Å². The molecular formula is C20H21F2NO6. The van der Waals surface area contributed by atoms with Crippen molar-refractivity contribution < 1.29 is 37.3 Å². The summed E-state index contributed by atoms with van der Waals surface area (Å²) in [5.74, 6) is -2.13. The summed E-state index contributed by atoms with van der Waals surface area (Å²) in [5, 5.41) is 2.48. The molecule has 29 heavy (non-hydrogen) atoms. The summed E-state index contributed by atoms with van der Waals surface area (Å²) in [4.78, 5) is 24.3. The van der Waals surface area contributed by atoms with Crippen LogP contribution in [0.4, 0.5) is 8.78 Å². The summed E-state index contributed by atoms with van der Waals surface area (Å²) in [6.45, 7) is 0.928. The third kappa shape index (κ3) is 5.34. The lowest BCUT2D eigenvalue weighted by atomic mass is 10.1. The van der Waals surface area contributed by atoms with Gasteiger partial charge >= 0.3 is 5.97 Å². The Morgan fingerprint density at radius 2 is 1.62 bits per heavy atom. The average Bonchev–Trinajstić information content (AvgIpc) is 2.70. The number of hydrogen-bond donors (Lipinski definition) is 1. The van der Waals surface area contributed by atoms with Crippen molar-refractivity contribution in [2.45, 2.75) is 13.0 Å². The van der Waals surface area contributed by atoms with Crippen LogP contribution in [0, 0.1) is 11.6 Å². The maximum atomic E-state index is 13.8. The number of hydrogen-bond acceptors (Lipinski definition) is 6. The van der Waals surface area contributed by atoms with Gasteiger partial charge < -0.3 is 24.3 Å². The van der Waals surface area contributed by atoms with Gasteiger partial charge in [0, 0.05) is 11.6 Å². The lowest BCUT2D eigenvalue weighted by molar-refractivity contribution is -0.124. The number of ether oxygens (including phenoxy) is 4. The van der Waals surface area contributed by atoms with Gasteiger partial charge in [-0.25, -0.2) is 13.6 Å². The molecule has 0 saturated heterocycles. The molecule has 2 rings (SSSR count). The molecule has 0 saturated carbocycles. The van der Waals surface area contributed by atoms with Crippen molar-refractivity contribution in [3.8, 4) is 17.2 Å².